The Morgan fingerprint density at radius 3 is 2.84 bits per heavy atom. The highest BCUT2D eigenvalue weighted by atomic mass is 16.4. The quantitative estimate of drug-likeness (QED) is 0.877. The van der Waals surface area contributed by atoms with E-state index in [0.717, 1.165) is 16.5 Å². The van der Waals surface area contributed by atoms with Crippen LogP contribution in [0.1, 0.15) is 24.9 Å². The zero-order chi connectivity index (χ0) is 13.8. The number of carboxylic acid groups (broad SMARTS) is 1. The lowest BCUT2D eigenvalue weighted by Gasteiger charge is -2.16. The van der Waals surface area contributed by atoms with Crippen LogP contribution in [0.3, 0.4) is 0 Å². The molecule has 19 heavy (non-hydrogen) atoms. The van der Waals surface area contributed by atoms with Gasteiger partial charge in [0.2, 0.25) is 5.91 Å². The Bertz CT molecular complexity index is 609. The van der Waals surface area contributed by atoms with Crippen LogP contribution in [-0.2, 0) is 9.59 Å². The number of fused-ring (bicyclic) bond motifs is 1. The molecule has 5 nitrogen and oxygen atoms in total. The number of aliphatic carboxylic acids is 1. The van der Waals surface area contributed by atoms with E-state index >= 15 is 0 Å². The van der Waals surface area contributed by atoms with Crippen molar-refractivity contribution < 1.29 is 14.7 Å². The monoisotopic (exact) mass is 258 g/mol. The van der Waals surface area contributed by atoms with Gasteiger partial charge in [-0.2, -0.15) is 0 Å². The highest BCUT2D eigenvalue weighted by Crippen LogP contribution is 2.21. The Morgan fingerprint density at radius 2 is 2.16 bits per heavy atom. The number of aromatic nitrogens is 1. The third kappa shape index (κ3) is 3.28. The lowest BCUT2D eigenvalue weighted by atomic mass is 10.0. The van der Waals surface area contributed by atoms with E-state index in [2.05, 4.69) is 10.3 Å². The molecule has 1 aromatic heterocycles. The Kier molecular flexibility index (Phi) is 3.75. The minimum absolute atomic E-state index is 0.147. The molecule has 0 aliphatic heterocycles. The number of carbonyl (C=O) groups excluding carboxylic acids is 1. The summed E-state index contributed by atoms with van der Waals surface area (Å²) in [7, 11) is 0. The topological polar surface area (TPSA) is 79.3 Å². The van der Waals surface area contributed by atoms with Crippen molar-refractivity contribution in [2.24, 2.45) is 0 Å². The minimum Gasteiger partial charge on any atom is -0.481 e. The van der Waals surface area contributed by atoms with Crippen molar-refractivity contribution in [2.45, 2.75) is 19.4 Å². The lowest BCUT2D eigenvalue weighted by Crippen LogP contribution is -2.27. The fraction of sp³-hybridized carbons (Fsp3) is 0.214. The number of benzene rings is 1. The summed E-state index contributed by atoms with van der Waals surface area (Å²) in [6, 6.07) is 8.65. The van der Waals surface area contributed by atoms with Crippen molar-refractivity contribution in [3.8, 4) is 0 Å². The highest BCUT2D eigenvalue weighted by molar-refractivity contribution is 5.80. The number of pyridine rings is 1. The standard InChI is InChI=1S/C14H14N2O3/c1-9(17)16-13(8-14(18)19)11-4-5-12-10(7-11)3-2-6-15-12/h2-7,13H,8H2,1H3,(H,16,17)(H,18,19)/t13-/m0/s1. The summed E-state index contributed by atoms with van der Waals surface area (Å²) < 4.78 is 0. The molecule has 5 heteroatoms. The SMILES string of the molecule is CC(=O)N[C@@H](CC(=O)O)c1ccc2ncccc2c1. The molecule has 1 amide bonds. The molecule has 0 unspecified atom stereocenters. The number of rotatable bonds is 4. The lowest BCUT2D eigenvalue weighted by molar-refractivity contribution is -0.137. The van der Waals surface area contributed by atoms with Crippen LogP contribution in [0.25, 0.3) is 10.9 Å². The van der Waals surface area contributed by atoms with Crippen molar-refractivity contribution >= 4 is 22.8 Å². The molecule has 0 bridgehead atoms. The van der Waals surface area contributed by atoms with Crippen molar-refractivity contribution in [3.05, 3.63) is 42.1 Å². The van der Waals surface area contributed by atoms with Gasteiger partial charge < -0.3 is 10.4 Å². The number of hydrogen-bond donors (Lipinski definition) is 2. The van der Waals surface area contributed by atoms with E-state index < -0.39 is 12.0 Å². The van der Waals surface area contributed by atoms with E-state index in [4.69, 9.17) is 5.11 Å². The summed E-state index contributed by atoms with van der Waals surface area (Å²) in [5, 5.41) is 12.5. The van der Waals surface area contributed by atoms with Crippen LogP contribution in [0.4, 0.5) is 0 Å². The van der Waals surface area contributed by atoms with Gasteiger partial charge in [-0.3, -0.25) is 14.6 Å². The van der Waals surface area contributed by atoms with Gasteiger partial charge in [-0.1, -0.05) is 12.1 Å². The maximum absolute atomic E-state index is 11.2. The van der Waals surface area contributed by atoms with E-state index in [9.17, 15) is 9.59 Å². The van der Waals surface area contributed by atoms with Crippen LogP contribution in [0, 0.1) is 0 Å². The normalized spacial score (nSPS) is 12.1. The van der Waals surface area contributed by atoms with Crippen molar-refractivity contribution in [1.29, 1.82) is 0 Å². The first-order valence-electron chi connectivity index (χ1n) is 5.90. The molecule has 1 aromatic carbocycles. The third-order valence-electron chi connectivity index (χ3n) is 2.79. The first kappa shape index (κ1) is 13.0. The van der Waals surface area contributed by atoms with Crippen LogP contribution in [0.2, 0.25) is 0 Å². The van der Waals surface area contributed by atoms with Gasteiger partial charge in [0.05, 0.1) is 18.0 Å². The van der Waals surface area contributed by atoms with Gasteiger partial charge in [0.25, 0.3) is 0 Å². The molecule has 2 aromatic rings. The van der Waals surface area contributed by atoms with Crippen molar-refractivity contribution in [3.63, 3.8) is 0 Å². The molecule has 0 saturated carbocycles. The van der Waals surface area contributed by atoms with Gasteiger partial charge in [0.15, 0.2) is 0 Å². The van der Waals surface area contributed by atoms with Crippen LogP contribution in [0.5, 0.6) is 0 Å². The first-order chi connectivity index (χ1) is 9.06. The first-order valence-corrected chi connectivity index (χ1v) is 5.90. The van der Waals surface area contributed by atoms with Crippen molar-refractivity contribution in [1.82, 2.24) is 10.3 Å². The molecule has 1 atom stereocenters. The Morgan fingerprint density at radius 1 is 1.37 bits per heavy atom. The smallest absolute Gasteiger partial charge is 0.305 e. The van der Waals surface area contributed by atoms with E-state index in [1.54, 1.807) is 12.3 Å². The van der Waals surface area contributed by atoms with E-state index in [1.165, 1.54) is 6.92 Å². The highest BCUT2D eigenvalue weighted by Gasteiger charge is 2.16. The van der Waals surface area contributed by atoms with Gasteiger partial charge in [-0.25, -0.2) is 0 Å². The molecular formula is C14H14N2O3. The molecule has 98 valence electrons. The molecule has 2 rings (SSSR count). The largest absolute Gasteiger partial charge is 0.481 e. The van der Waals surface area contributed by atoms with Gasteiger partial charge in [-0.15, -0.1) is 0 Å². The number of nitrogens with one attached hydrogen (secondary N) is 1. The van der Waals surface area contributed by atoms with Crippen LogP contribution < -0.4 is 5.32 Å². The zero-order valence-electron chi connectivity index (χ0n) is 10.5. The maximum atomic E-state index is 11.2. The maximum Gasteiger partial charge on any atom is 0.305 e. The van der Waals surface area contributed by atoms with Crippen LogP contribution in [0.15, 0.2) is 36.5 Å². The molecule has 0 fully saturated rings. The van der Waals surface area contributed by atoms with Gasteiger partial charge in [0, 0.05) is 18.5 Å². The number of hydrogen-bond acceptors (Lipinski definition) is 3. The average Bonchev–Trinajstić information content (AvgIpc) is 2.36. The number of carbonyl (C=O) groups is 2. The molecule has 0 saturated heterocycles. The third-order valence-corrected chi connectivity index (χ3v) is 2.79. The van der Waals surface area contributed by atoms with Crippen LogP contribution >= 0.6 is 0 Å². The molecule has 0 spiro atoms. The fourth-order valence-electron chi connectivity index (χ4n) is 1.98. The zero-order valence-corrected chi connectivity index (χ0v) is 10.5. The van der Waals surface area contributed by atoms with Gasteiger partial charge in [-0.05, 0) is 23.8 Å². The van der Waals surface area contributed by atoms with Crippen LogP contribution in [-0.4, -0.2) is 22.0 Å². The number of carboxylic acids is 1. The second-order valence-corrected chi connectivity index (χ2v) is 4.31. The molecule has 0 aliphatic carbocycles. The average molecular weight is 258 g/mol. The molecule has 0 aliphatic rings. The minimum atomic E-state index is -0.954. The number of amides is 1. The van der Waals surface area contributed by atoms with Gasteiger partial charge >= 0.3 is 5.97 Å². The Hall–Kier alpha value is -2.43. The summed E-state index contributed by atoms with van der Waals surface area (Å²) in [4.78, 5) is 26.2. The predicted octanol–water partition coefficient (Wildman–Crippen LogP) is 1.89. The summed E-state index contributed by atoms with van der Waals surface area (Å²) in [6.45, 7) is 1.37. The molecular weight excluding hydrogens is 244 g/mol. The molecule has 0 radical (unpaired) electrons. The molecule has 1 heterocycles. The second kappa shape index (κ2) is 5.48. The molecule has 2 N–H and O–H groups in total. The predicted molar refractivity (Wildman–Crippen MR) is 70.6 cm³/mol. The Balaban J connectivity index is 2.37. The summed E-state index contributed by atoms with van der Waals surface area (Å²) in [6.07, 6.45) is 1.55. The van der Waals surface area contributed by atoms with E-state index in [-0.39, 0.29) is 12.3 Å². The Labute approximate surface area is 110 Å². The van der Waals surface area contributed by atoms with Gasteiger partial charge in [0.1, 0.15) is 0 Å². The second-order valence-electron chi connectivity index (χ2n) is 4.31. The summed E-state index contributed by atoms with van der Waals surface area (Å²) in [5.41, 5.74) is 1.60. The van der Waals surface area contributed by atoms with E-state index in [1.807, 2.05) is 24.3 Å². The van der Waals surface area contributed by atoms with E-state index in [0.29, 0.717) is 0 Å². The summed E-state index contributed by atoms with van der Waals surface area (Å²) in [5.74, 6) is -1.21. The van der Waals surface area contributed by atoms with Crippen molar-refractivity contribution in [2.75, 3.05) is 0 Å². The summed E-state index contributed by atoms with van der Waals surface area (Å²) >= 11 is 0. The number of nitrogens with zero attached hydrogens (tertiary/aromatic N) is 1. The fourth-order valence-corrected chi connectivity index (χ4v) is 1.98.